The molecule has 1 atom stereocenters. The largest absolute Gasteiger partial charge is 0.457 e. The second-order valence-electron chi connectivity index (χ2n) is 9.92. The molecule has 38 heavy (non-hydrogen) atoms. The Bertz CT molecular complexity index is 1550. The van der Waals surface area contributed by atoms with Crippen molar-refractivity contribution >= 4 is 22.8 Å². The monoisotopic (exact) mass is 504 g/mol. The van der Waals surface area contributed by atoms with Gasteiger partial charge in [0, 0.05) is 24.8 Å². The highest BCUT2D eigenvalue weighted by Crippen LogP contribution is 2.35. The summed E-state index contributed by atoms with van der Waals surface area (Å²) in [7, 11) is 0. The quantitative estimate of drug-likeness (QED) is 0.269. The molecule has 6 rings (SSSR count). The summed E-state index contributed by atoms with van der Waals surface area (Å²) in [6.07, 6.45) is 9.24. The van der Waals surface area contributed by atoms with E-state index in [1.54, 1.807) is 0 Å². The van der Waals surface area contributed by atoms with Crippen molar-refractivity contribution in [1.29, 1.82) is 5.26 Å². The molecule has 0 spiro atoms. The predicted molar refractivity (Wildman–Crippen MR) is 145 cm³/mol. The predicted octanol–water partition coefficient (Wildman–Crippen LogP) is 5.32. The molecule has 2 N–H and O–H groups in total. The first-order valence-electron chi connectivity index (χ1n) is 13.0. The molecule has 1 aliphatic carbocycles. The third kappa shape index (κ3) is 4.71. The second kappa shape index (κ2) is 10.0. The van der Waals surface area contributed by atoms with Crippen LogP contribution in [0.15, 0.2) is 78.8 Å². The van der Waals surface area contributed by atoms with Crippen LogP contribution in [0, 0.1) is 17.2 Å². The van der Waals surface area contributed by atoms with Crippen molar-refractivity contribution in [3.8, 4) is 28.7 Å². The smallest absolute Gasteiger partial charge is 0.264 e. The number of rotatable bonds is 7. The summed E-state index contributed by atoms with van der Waals surface area (Å²) in [5, 5.41) is 10.4. The van der Waals surface area contributed by atoms with Crippen molar-refractivity contribution in [2.24, 2.45) is 5.92 Å². The van der Waals surface area contributed by atoms with Gasteiger partial charge in [-0.2, -0.15) is 5.26 Å². The van der Waals surface area contributed by atoms with E-state index in [1.165, 1.54) is 6.33 Å². The van der Waals surface area contributed by atoms with E-state index in [4.69, 9.17) is 10.5 Å². The summed E-state index contributed by atoms with van der Waals surface area (Å²) in [4.78, 5) is 23.9. The Balaban J connectivity index is 1.29. The highest BCUT2D eigenvalue weighted by atomic mass is 16.5. The number of nitrogen functional groups attached to an aromatic ring is 1. The van der Waals surface area contributed by atoms with Crippen LogP contribution in [0.3, 0.4) is 0 Å². The molecule has 2 aliphatic rings. The van der Waals surface area contributed by atoms with Crippen molar-refractivity contribution in [1.82, 2.24) is 19.4 Å². The fourth-order valence-electron chi connectivity index (χ4n) is 5.16. The molecule has 1 saturated heterocycles. The summed E-state index contributed by atoms with van der Waals surface area (Å²) in [6, 6.07) is 19.6. The molecule has 0 radical (unpaired) electrons. The Labute approximate surface area is 221 Å². The zero-order chi connectivity index (χ0) is 26.1. The lowest BCUT2D eigenvalue weighted by molar-refractivity contribution is -0.127. The first-order valence-corrected chi connectivity index (χ1v) is 13.0. The number of amides is 1. The standard InChI is InChI=1S/C30H28N6O2/c31-16-22(15-20-8-9-20)30(37)36-14-4-5-23(36)17-35-18-26(27-28(32)33-19-34-29(27)35)21-10-12-25(13-11-21)38-24-6-2-1-3-7-24/h1-3,6-7,10-13,15,18-20,23H,4-5,8-9,14,17H2,(H2,32,33,34)/b22-15-/t23-/m0/s1. The van der Waals surface area contributed by atoms with Gasteiger partial charge in [0.15, 0.2) is 0 Å². The number of aromatic nitrogens is 3. The molecule has 1 aliphatic heterocycles. The van der Waals surface area contributed by atoms with E-state index in [0.29, 0.717) is 24.8 Å². The third-order valence-corrected chi connectivity index (χ3v) is 7.25. The number of fused-ring (bicyclic) bond motifs is 1. The molecular formula is C30H28N6O2. The maximum Gasteiger partial charge on any atom is 0.264 e. The van der Waals surface area contributed by atoms with Gasteiger partial charge in [-0.25, -0.2) is 9.97 Å². The number of hydrogen-bond donors (Lipinski definition) is 1. The average Bonchev–Trinajstić information content (AvgIpc) is 3.52. The van der Waals surface area contributed by atoms with Crippen LogP contribution in [0.25, 0.3) is 22.2 Å². The SMILES string of the molecule is N#C/C(=C/C1CC1)C(=O)N1CCC[C@H]1Cn1cc(-c2ccc(Oc3ccccc3)cc2)c2c(N)ncnc21. The van der Waals surface area contributed by atoms with E-state index in [0.717, 1.165) is 59.3 Å². The molecule has 0 unspecified atom stereocenters. The number of para-hydroxylation sites is 1. The molecule has 190 valence electrons. The first kappa shape index (κ1) is 23.7. The number of nitriles is 1. The maximum atomic E-state index is 13.2. The van der Waals surface area contributed by atoms with Crippen LogP contribution in [-0.4, -0.2) is 37.9 Å². The van der Waals surface area contributed by atoms with Crippen LogP contribution in [0.5, 0.6) is 11.5 Å². The maximum absolute atomic E-state index is 13.2. The number of benzene rings is 2. The summed E-state index contributed by atoms with van der Waals surface area (Å²) in [5.41, 5.74) is 9.22. The minimum atomic E-state index is -0.165. The molecule has 4 aromatic rings. The molecule has 3 heterocycles. The molecule has 2 aromatic carbocycles. The van der Waals surface area contributed by atoms with Gasteiger partial charge in [0.1, 0.15) is 40.9 Å². The van der Waals surface area contributed by atoms with Crippen molar-refractivity contribution in [3.05, 3.63) is 78.8 Å². The zero-order valence-corrected chi connectivity index (χ0v) is 21.0. The Morgan fingerprint density at radius 1 is 1.08 bits per heavy atom. The fraction of sp³-hybridized carbons (Fsp3) is 0.267. The Hall–Kier alpha value is -4.64. The highest BCUT2D eigenvalue weighted by molar-refractivity contribution is 6.01. The molecule has 2 fully saturated rings. The lowest BCUT2D eigenvalue weighted by Crippen LogP contribution is -2.38. The van der Waals surface area contributed by atoms with Gasteiger partial charge in [-0.15, -0.1) is 0 Å². The van der Waals surface area contributed by atoms with Gasteiger partial charge in [-0.1, -0.05) is 36.4 Å². The number of anilines is 1. The summed E-state index contributed by atoms with van der Waals surface area (Å²) in [5.74, 6) is 2.13. The van der Waals surface area contributed by atoms with Crippen molar-refractivity contribution < 1.29 is 9.53 Å². The number of nitrogens with two attached hydrogens (primary N) is 1. The van der Waals surface area contributed by atoms with Gasteiger partial charge in [-0.05, 0) is 61.4 Å². The van der Waals surface area contributed by atoms with Crippen molar-refractivity contribution in [2.75, 3.05) is 12.3 Å². The summed E-state index contributed by atoms with van der Waals surface area (Å²) >= 11 is 0. The zero-order valence-electron chi connectivity index (χ0n) is 21.0. The Morgan fingerprint density at radius 3 is 2.58 bits per heavy atom. The number of carbonyl (C=O) groups is 1. The van der Waals surface area contributed by atoms with Crippen molar-refractivity contribution in [2.45, 2.75) is 38.3 Å². The Morgan fingerprint density at radius 2 is 1.84 bits per heavy atom. The molecule has 0 bridgehead atoms. The van der Waals surface area contributed by atoms with E-state index < -0.39 is 0 Å². The molecule has 8 nitrogen and oxygen atoms in total. The number of ether oxygens (including phenoxy) is 1. The summed E-state index contributed by atoms with van der Waals surface area (Å²) in [6.45, 7) is 1.22. The van der Waals surface area contributed by atoms with Gasteiger partial charge in [0.2, 0.25) is 0 Å². The number of carbonyl (C=O) groups excluding carboxylic acids is 1. The third-order valence-electron chi connectivity index (χ3n) is 7.25. The number of allylic oxidation sites excluding steroid dienone is 1. The van der Waals surface area contributed by atoms with Crippen LogP contribution in [0.1, 0.15) is 25.7 Å². The number of hydrogen-bond acceptors (Lipinski definition) is 6. The van der Waals surface area contributed by atoms with Gasteiger partial charge < -0.3 is 19.9 Å². The molecule has 2 aromatic heterocycles. The van der Waals surface area contributed by atoms with Gasteiger partial charge in [0.25, 0.3) is 5.91 Å². The van der Waals surface area contributed by atoms with Crippen LogP contribution in [-0.2, 0) is 11.3 Å². The minimum Gasteiger partial charge on any atom is -0.457 e. The van der Waals surface area contributed by atoms with Crippen LogP contribution < -0.4 is 10.5 Å². The van der Waals surface area contributed by atoms with Gasteiger partial charge in [-0.3, -0.25) is 4.79 Å². The molecular weight excluding hydrogens is 476 g/mol. The normalized spacial score (nSPS) is 17.5. The first-order chi connectivity index (χ1) is 18.6. The lowest BCUT2D eigenvalue weighted by Gasteiger charge is -2.25. The minimum absolute atomic E-state index is 0.0280. The van der Waals surface area contributed by atoms with E-state index >= 15 is 0 Å². The lowest BCUT2D eigenvalue weighted by atomic mass is 10.1. The van der Waals surface area contributed by atoms with Gasteiger partial charge in [0.05, 0.1) is 11.4 Å². The average molecular weight is 505 g/mol. The molecule has 1 saturated carbocycles. The topological polar surface area (TPSA) is 110 Å². The summed E-state index contributed by atoms with van der Waals surface area (Å²) < 4.78 is 8.00. The molecule has 8 heteroatoms. The number of nitrogens with zero attached hydrogens (tertiary/aromatic N) is 5. The van der Waals surface area contributed by atoms with Crippen molar-refractivity contribution in [3.63, 3.8) is 0 Å². The number of likely N-dealkylation sites (tertiary alicyclic amines) is 1. The second-order valence-corrected chi connectivity index (χ2v) is 9.92. The fourth-order valence-corrected chi connectivity index (χ4v) is 5.16. The molecule has 1 amide bonds. The van der Waals surface area contributed by atoms with E-state index in [1.807, 2.05) is 71.8 Å². The van der Waals surface area contributed by atoms with Crippen LogP contribution in [0.4, 0.5) is 5.82 Å². The highest BCUT2D eigenvalue weighted by Gasteiger charge is 2.33. The van der Waals surface area contributed by atoms with Crippen LogP contribution in [0.2, 0.25) is 0 Å². The van der Waals surface area contributed by atoms with E-state index in [-0.39, 0.29) is 17.5 Å². The Kier molecular flexibility index (Phi) is 6.26. The van der Waals surface area contributed by atoms with E-state index in [9.17, 15) is 10.1 Å². The van der Waals surface area contributed by atoms with Crippen LogP contribution >= 0.6 is 0 Å². The van der Waals surface area contributed by atoms with E-state index in [2.05, 4.69) is 20.6 Å². The van der Waals surface area contributed by atoms with Gasteiger partial charge >= 0.3 is 0 Å².